The summed E-state index contributed by atoms with van der Waals surface area (Å²) in [6.07, 6.45) is -0.0988. The highest BCUT2D eigenvalue weighted by atomic mass is 19.1. The Morgan fingerprint density at radius 1 is 1.38 bits per heavy atom. The molecule has 1 aliphatic rings. The van der Waals surface area contributed by atoms with Crippen LogP contribution < -0.4 is 0 Å². The topological polar surface area (TPSA) is 59.1 Å². The number of methoxy groups -OCH3 is 1. The molecule has 0 fully saturated rings. The third-order valence-electron chi connectivity index (χ3n) is 3.56. The molecule has 2 amide bonds. The lowest BCUT2D eigenvalue weighted by Gasteiger charge is -2.36. The fourth-order valence-corrected chi connectivity index (χ4v) is 2.43. The molecule has 1 aliphatic heterocycles. The summed E-state index contributed by atoms with van der Waals surface area (Å²) in [6.45, 7) is 0.319. The Morgan fingerprint density at radius 2 is 2.10 bits per heavy atom. The van der Waals surface area contributed by atoms with Crippen molar-refractivity contribution in [3.05, 3.63) is 35.1 Å². The number of hydrogen-bond acceptors (Lipinski definition) is 4. The first-order valence-corrected chi connectivity index (χ1v) is 6.44. The summed E-state index contributed by atoms with van der Waals surface area (Å²) in [5.74, 6) is -0.923. The summed E-state index contributed by atoms with van der Waals surface area (Å²) in [7, 11) is 4.02. The number of hydroxylamine groups is 2. The van der Waals surface area contributed by atoms with Crippen LogP contribution in [0.4, 0.5) is 9.18 Å². The van der Waals surface area contributed by atoms with Gasteiger partial charge in [0.2, 0.25) is 0 Å². The molecular weight excluding hydrogens is 279 g/mol. The summed E-state index contributed by atoms with van der Waals surface area (Å²) in [5, 5.41) is 1.01. The van der Waals surface area contributed by atoms with Gasteiger partial charge in [-0.2, -0.15) is 0 Å². The molecule has 1 unspecified atom stereocenters. The maximum Gasteiger partial charge on any atom is 0.410 e. The smallest absolute Gasteiger partial charge is 0.410 e. The van der Waals surface area contributed by atoms with Crippen LogP contribution in [0.1, 0.15) is 17.2 Å². The number of likely N-dealkylation sites (N-methyl/N-ethyl adjacent to an activating group) is 1. The molecule has 0 aliphatic carbocycles. The second-order valence-corrected chi connectivity index (χ2v) is 4.68. The van der Waals surface area contributed by atoms with E-state index < -0.39 is 23.9 Å². The Morgan fingerprint density at radius 3 is 2.71 bits per heavy atom. The Bertz CT molecular complexity index is 564. The highest BCUT2D eigenvalue weighted by molar-refractivity contribution is 5.87. The molecule has 0 saturated carbocycles. The SMILES string of the molecule is COC(=O)N1CCc2ccc(F)cc2C1C(=O)N(C)OC. The molecule has 1 aromatic rings. The second kappa shape index (κ2) is 6.09. The quantitative estimate of drug-likeness (QED) is 0.776. The third kappa shape index (κ3) is 2.82. The van der Waals surface area contributed by atoms with Gasteiger partial charge < -0.3 is 4.74 Å². The van der Waals surface area contributed by atoms with Crippen molar-refractivity contribution in [1.29, 1.82) is 0 Å². The van der Waals surface area contributed by atoms with E-state index in [1.807, 2.05) is 0 Å². The molecule has 7 heteroatoms. The van der Waals surface area contributed by atoms with Gasteiger partial charge in [0.1, 0.15) is 11.9 Å². The van der Waals surface area contributed by atoms with Gasteiger partial charge in [-0.05, 0) is 29.7 Å². The van der Waals surface area contributed by atoms with Crippen molar-refractivity contribution in [2.75, 3.05) is 27.8 Å². The van der Waals surface area contributed by atoms with Crippen molar-refractivity contribution >= 4 is 12.0 Å². The minimum atomic E-state index is -0.957. The Balaban J connectivity index is 2.48. The van der Waals surface area contributed by atoms with Gasteiger partial charge in [-0.25, -0.2) is 14.2 Å². The zero-order valence-corrected chi connectivity index (χ0v) is 12.1. The lowest BCUT2D eigenvalue weighted by molar-refractivity contribution is -0.174. The molecule has 1 heterocycles. The summed E-state index contributed by atoms with van der Waals surface area (Å²) in [4.78, 5) is 30.5. The molecule has 2 rings (SSSR count). The van der Waals surface area contributed by atoms with Gasteiger partial charge in [0.15, 0.2) is 0 Å². The number of ether oxygens (including phenoxy) is 1. The van der Waals surface area contributed by atoms with Gasteiger partial charge in [-0.1, -0.05) is 6.07 Å². The van der Waals surface area contributed by atoms with Crippen molar-refractivity contribution in [2.24, 2.45) is 0 Å². The normalized spacial score (nSPS) is 17.1. The molecule has 0 radical (unpaired) electrons. The summed E-state index contributed by atoms with van der Waals surface area (Å²) >= 11 is 0. The minimum absolute atomic E-state index is 0.319. The molecular formula is C14H17FN2O4. The molecule has 6 nitrogen and oxygen atoms in total. The first-order valence-electron chi connectivity index (χ1n) is 6.44. The van der Waals surface area contributed by atoms with E-state index in [4.69, 9.17) is 9.57 Å². The lowest BCUT2D eigenvalue weighted by atomic mass is 9.92. The second-order valence-electron chi connectivity index (χ2n) is 4.68. The highest BCUT2D eigenvalue weighted by Gasteiger charge is 2.38. The molecule has 1 aromatic carbocycles. The van der Waals surface area contributed by atoms with Crippen molar-refractivity contribution in [1.82, 2.24) is 9.96 Å². The van der Waals surface area contributed by atoms with Crippen molar-refractivity contribution in [3.8, 4) is 0 Å². The van der Waals surface area contributed by atoms with E-state index in [0.29, 0.717) is 18.5 Å². The molecule has 0 aromatic heterocycles. The monoisotopic (exact) mass is 296 g/mol. The van der Waals surface area contributed by atoms with Crippen molar-refractivity contribution < 1.29 is 23.6 Å². The number of carbonyl (C=O) groups is 2. The van der Waals surface area contributed by atoms with Gasteiger partial charge in [0.25, 0.3) is 5.91 Å². The number of hydrogen-bond donors (Lipinski definition) is 0. The average molecular weight is 296 g/mol. The summed E-state index contributed by atoms with van der Waals surface area (Å²) < 4.78 is 18.2. The van der Waals surface area contributed by atoms with E-state index in [-0.39, 0.29) is 0 Å². The Kier molecular flexibility index (Phi) is 4.42. The first kappa shape index (κ1) is 15.2. The van der Waals surface area contributed by atoms with E-state index >= 15 is 0 Å². The van der Waals surface area contributed by atoms with Crippen LogP contribution in [0.3, 0.4) is 0 Å². The number of fused-ring (bicyclic) bond motifs is 1. The van der Waals surface area contributed by atoms with Crippen LogP contribution in [-0.2, 0) is 20.8 Å². The van der Waals surface area contributed by atoms with Gasteiger partial charge in [-0.3, -0.25) is 14.5 Å². The molecule has 0 saturated heterocycles. The highest BCUT2D eigenvalue weighted by Crippen LogP contribution is 2.32. The van der Waals surface area contributed by atoms with Crippen LogP contribution in [0.15, 0.2) is 18.2 Å². The number of halogens is 1. The minimum Gasteiger partial charge on any atom is -0.453 e. The summed E-state index contributed by atoms with van der Waals surface area (Å²) in [5.41, 5.74) is 1.29. The zero-order valence-electron chi connectivity index (χ0n) is 12.1. The fourth-order valence-electron chi connectivity index (χ4n) is 2.43. The Labute approximate surface area is 122 Å². The van der Waals surface area contributed by atoms with Crippen LogP contribution in [0.25, 0.3) is 0 Å². The van der Waals surface area contributed by atoms with E-state index in [1.165, 1.54) is 38.3 Å². The Hall–Kier alpha value is -2.15. The predicted molar refractivity (Wildman–Crippen MR) is 71.7 cm³/mol. The maximum absolute atomic E-state index is 13.5. The largest absolute Gasteiger partial charge is 0.453 e. The van der Waals surface area contributed by atoms with E-state index in [1.54, 1.807) is 6.07 Å². The van der Waals surface area contributed by atoms with Gasteiger partial charge in [-0.15, -0.1) is 0 Å². The van der Waals surface area contributed by atoms with Crippen LogP contribution in [0.2, 0.25) is 0 Å². The fraction of sp³-hybridized carbons (Fsp3) is 0.429. The van der Waals surface area contributed by atoms with Crippen LogP contribution >= 0.6 is 0 Å². The molecule has 0 bridgehead atoms. The van der Waals surface area contributed by atoms with Crippen molar-refractivity contribution in [2.45, 2.75) is 12.5 Å². The van der Waals surface area contributed by atoms with Crippen LogP contribution in [0, 0.1) is 5.82 Å². The predicted octanol–water partition coefficient (Wildman–Crippen LogP) is 1.51. The lowest BCUT2D eigenvalue weighted by Crippen LogP contribution is -2.47. The van der Waals surface area contributed by atoms with Gasteiger partial charge >= 0.3 is 6.09 Å². The van der Waals surface area contributed by atoms with Crippen LogP contribution in [0.5, 0.6) is 0 Å². The summed E-state index contributed by atoms with van der Waals surface area (Å²) in [6, 6.07) is 3.29. The number of benzene rings is 1. The number of rotatable bonds is 2. The molecule has 1 atom stereocenters. The van der Waals surface area contributed by atoms with E-state index in [2.05, 4.69) is 0 Å². The molecule has 114 valence electrons. The molecule has 0 spiro atoms. The average Bonchev–Trinajstić information content (AvgIpc) is 2.51. The standard InChI is InChI=1S/C14H17FN2O4/c1-16(21-3)13(18)12-11-8-10(15)5-4-9(11)6-7-17(12)14(19)20-2/h4-5,8,12H,6-7H2,1-3H3. The molecule has 0 N–H and O–H groups in total. The third-order valence-corrected chi connectivity index (χ3v) is 3.56. The maximum atomic E-state index is 13.5. The van der Waals surface area contributed by atoms with Gasteiger partial charge in [0.05, 0.1) is 14.2 Å². The number of nitrogens with zero attached hydrogens (tertiary/aromatic N) is 2. The first-order chi connectivity index (χ1) is 9.99. The zero-order chi connectivity index (χ0) is 15.6. The van der Waals surface area contributed by atoms with E-state index in [9.17, 15) is 14.0 Å². The number of carbonyl (C=O) groups excluding carboxylic acids is 2. The van der Waals surface area contributed by atoms with E-state index in [0.717, 1.165) is 10.6 Å². The van der Waals surface area contributed by atoms with Crippen LogP contribution in [-0.4, -0.2) is 49.8 Å². The number of amides is 2. The molecule has 21 heavy (non-hydrogen) atoms. The van der Waals surface area contributed by atoms with Crippen molar-refractivity contribution in [3.63, 3.8) is 0 Å². The van der Waals surface area contributed by atoms with Gasteiger partial charge in [0, 0.05) is 13.6 Å².